The average molecular weight is 523 g/mol. The fourth-order valence-corrected chi connectivity index (χ4v) is 4.85. The summed E-state index contributed by atoms with van der Waals surface area (Å²) in [5.74, 6) is 0.823. The summed E-state index contributed by atoms with van der Waals surface area (Å²) in [6.07, 6.45) is 5.28. The van der Waals surface area contributed by atoms with Crippen LogP contribution in [0.15, 0.2) is 59.2 Å². The topological polar surface area (TPSA) is 99.5 Å². The number of carbonyl (C=O) groups excluding carboxylic acids is 2. The van der Waals surface area contributed by atoms with Crippen LogP contribution in [0.1, 0.15) is 54.8 Å². The fourth-order valence-electron chi connectivity index (χ4n) is 4.85. The van der Waals surface area contributed by atoms with Crippen LogP contribution in [0.4, 0.5) is 5.69 Å². The molecule has 38 heavy (non-hydrogen) atoms. The first-order valence-electron chi connectivity index (χ1n) is 12.7. The number of nitrogens with one attached hydrogen (secondary N) is 1. The summed E-state index contributed by atoms with van der Waals surface area (Å²) >= 11 is 0. The lowest BCUT2D eigenvalue weighted by Gasteiger charge is -2.33. The Morgan fingerprint density at radius 2 is 1.66 bits per heavy atom. The van der Waals surface area contributed by atoms with E-state index in [9.17, 15) is 9.59 Å². The molecule has 202 valence electrons. The van der Waals surface area contributed by atoms with Gasteiger partial charge in [-0.25, -0.2) is 0 Å². The molecule has 1 aromatic heterocycles. The van der Waals surface area contributed by atoms with E-state index in [1.807, 2.05) is 13.0 Å². The molecule has 0 spiro atoms. The van der Waals surface area contributed by atoms with Crippen molar-refractivity contribution in [3.63, 3.8) is 0 Å². The van der Waals surface area contributed by atoms with Gasteiger partial charge < -0.3 is 28.7 Å². The van der Waals surface area contributed by atoms with E-state index in [1.54, 1.807) is 42.5 Å². The summed E-state index contributed by atoms with van der Waals surface area (Å²) in [5, 5.41) is 3.17. The van der Waals surface area contributed by atoms with Gasteiger partial charge in [0.2, 0.25) is 11.7 Å². The highest BCUT2D eigenvalue weighted by atomic mass is 16.5. The van der Waals surface area contributed by atoms with Gasteiger partial charge in [-0.3, -0.25) is 14.5 Å². The zero-order valence-electron chi connectivity index (χ0n) is 22.2. The number of para-hydroxylation sites is 2. The molecule has 0 saturated heterocycles. The molecule has 1 aliphatic rings. The SMILES string of the molecule is CCOc1ccccc1N(C(=O)c1ccco1)C(C(=O)NC1CCCC1)c1cc(OC)c(OC)c(OC)c1. The van der Waals surface area contributed by atoms with Crippen molar-refractivity contribution in [2.45, 2.75) is 44.7 Å². The number of furan rings is 1. The largest absolute Gasteiger partial charge is 0.493 e. The van der Waals surface area contributed by atoms with Gasteiger partial charge in [0, 0.05) is 6.04 Å². The second-order valence-electron chi connectivity index (χ2n) is 8.90. The zero-order valence-corrected chi connectivity index (χ0v) is 22.2. The lowest BCUT2D eigenvalue weighted by atomic mass is 10.00. The van der Waals surface area contributed by atoms with E-state index in [0.717, 1.165) is 25.7 Å². The second-order valence-corrected chi connectivity index (χ2v) is 8.90. The number of anilines is 1. The maximum absolute atomic E-state index is 14.1. The fraction of sp³-hybridized carbons (Fsp3) is 0.379. The molecule has 9 heteroatoms. The maximum atomic E-state index is 14.1. The van der Waals surface area contributed by atoms with Crippen LogP contribution in [-0.4, -0.2) is 45.8 Å². The lowest BCUT2D eigenvalue weighted by molar-refractivity contribution is -0.123. The van der Waals surface area contributed by atoms with Crippen LogP contribution in [0.5, 0.6) is 23.0 Å². The second kappa shape index (κ2) is 12.4. The molecule has 1 heterocycles. The standard InChI is InChI=1S/C29H34N2O7/c1-5-37-22-14-9-8-13-21(22)31(29(33)23-15-10-16-38-23)26(28(32)30-20-11-6-7-12-20)19-17-24(34-2)27(36-4)25(18-19)35-3/h8-10,13-18,20,26H,5-7,11-12H2,1-4H3,(H,30,32). The minimum absolute atomic E-state index is 0.0229. The smallest absolute Gasteiger partial charge is 0.295 e. The van der Waals surface area contributed by atoms with Gasteiger partial charge in [0.15, 0.2) is 17.3 Å². The van der Waals surface area contributed by atoms with Gasteiger partial charge in [0.25, 0.3) is 5.91 Å². The molecular formula is C29H34N2O7. The molecular weight excluding hydrogens is 488 g/mol. The summed E-state index contributed by atoms with van der Waals surface area (Å²) < 4.78 is 28.0. The minimum Gasteiger partial charge on any atom is -0.493 e. The van der Waals surface area contributed by atoms with Crippen molar-refractivity contribution in [3.05, 3.63) is 66.1 Å². The molecule has 2 aromatic carbocycles. The van der Waals surface area contributed by atoms with Gasteiger partial charge in [-0.05, 0) is 61.7 Å². The van der Waals surface area contributed by atoms with Crippen LogP contribution in [0.2, 0.25) is 0 Å². The molecule has 1 fully saturated rings. The molecule has 1 aliphatic carbocycles. The maximum Gasteiger partial charge on any atom is 0.295 e. The number of hydrogen-bond donors (Lipinski definition) is 1. The summed E-state index contributed by atoms with van der Waals surface area (Å²) in [7, 11) is 4.52. The third-order valence-electron chi connectivity index (χ3n) is 6.59. The average Bonchev–Trinajstić information content (AvgIpc) is 3.66. The Balaban J connectivity index is 1.94. The first-order chi connectivity index (χ1) is 18.5. The molecule has 4 rings (SSSR count). The Hall–Kier alpha value is -4.14. The summed E-state index contributed by atoms with van der Waals surface area (Å²) in [4.78, 5) is 29.6. The molecule has 0 bridgehead atoms. The van der Waals surface area contributed by atoms with Gasteiger partial charge in [-0.15, -0.1) is 0 Å². The zero-order chi connectivity index (χ0) is 27.1. The number of carbonyl (C=O) groups is 2. The van der Waals surface area contributed by atoms with Crippen LogP contribution in [0.3, 0.4) is 0 Å². The Morgan fingerprint density at radius 1 is 0.974 bits per heavy atom. The predicted octanol–water partition coefficient (Wildman–Crippen LogP) is 5.15. The monoisotopic (exact) mass is 522 g/mol. The Labute approximate surface area is 222 Å². The van der Waals surface area contributed by atoms with E-state index in [4.69, 9.17) is 23.4 Å². The van der Waals surface area contributed by atoms with Gasteiger partial charge in [-0.1, -0.05) is 25.0 Å². The highest BCUT2D eigenvalue weighted by Crippen LogP contribution is 2.43. The van der Waals surface area contributed by atoms with Crippen molar-refractivity contribution in [1.82, 2.24) is 5.32 Å². The van der Waals surface area contributed by atoms with Crippen molar-refractivity contribution in [2.75, 3.05) is 32.8 Å². The van der Waals surface area contributed by atoms with E-state index in [1.165, 1.54) is 32.5 Å². The molecule has 3 aromatic rings. The third kappa shape index (κ3) is 5.56. The molecule has 1 atom stereocenters. The Bertz CT molecular complexity index is 1210. The molecule has 2 amide bonds. The summed E-state index contributed by atoms with van der Waals surface area (Å²) in [6.45, 7) is 2.24. The molecule has 9 nitrogen and oxygen atoms in total. The van der Waals surface area contributed by atoms with Crippen LogP contribution >= 0.6 is 0 Å². The third-order valence-corrected chi connectivity index (χ3v) is 6.59. The van der Waals surface area contributed by atoms with Crippen LogP contribution in [0.25, 0.3) is 0 Å². The molecule has 0 radical (unpaired) electrons. The molecule has 1 unspecified atom stereocenters. The summed E-state index contributed by atoms with van der Waals surface area (Å²) in [6, 6.07) is 12.6. The van der Waals surface area contributed by atoms with Crippen molar-refractivity contribution < 1.29 is 33.0 Å². The Kier molecular flexibility index (Phi) is 8.78. The van der Waals surface area contributed by atoms with E-state index >= 15 is 0 Å². The van der Waals surface area contributed by atoms with Gasteiger partial charge in [0.1, 0.15) is 11.8 Å². The van der Waals surface area contributed by atoms with E-state index < -0.39 is 11.9 Å². The quantitative estimate of drug-likeness (QED) is 0.372. The van der Waals surface area contributed by atoms with E-state index in [2.05, 4.69) is 5.32 Å². The number of ether oxygens (including phenoxy) is 4. The van der Waals surface area contributed by atoms with Crippen molar-refractivity contribution in [3.8, 4) is 23.0 Å². The normalized spacial score (nSPS) is 14.0. The minimum atomic E-state index is -1.11. The predicted molar refractivity (Wildman–Crippen MR) is 142 cm³/mol. The first kappa shape index (κ1) is 26.9. The highest BCUT2D eigenvalue weighted by Gasteiger charge is 2.38. The number of rotatable bonds is 11. The van der Waals surface area contributed by atoms with Crippen LogP contribution < -0.4 is 29.2 Å². The Morgan fingerprint density at radius 3 is 2.24 bits per heavy atom. The van der Waals surface area contributed by atoms with Crippen LogP contribution in [0, 0.1) is 0 Å². The highest BCUT2D eigenvalue weighted by molar-refractivity contribution is 6.09. The van der Waals surface area contributed by atoms with Crippen LogP contribution in [-0.2, 0) is 4.79 Å². The van der Waals surface area contributed by atoms with E-state index in [-0.39, 0.29) is 17.7 Å². The first-order valence-corrected chi connectivity index (χ1v) is 12.7. The van der Waals surface area contributed by atoms with E-state index in [0.29, 0.717) is 40.9 Å². The van der Waals surface area contributed by atoms with Gasteiger partial charge in [-0.2, -0.15) is 0 Å². The van der Waals surface area contributed by atoms with Gasteiger partial charge >= 0.3 is 0 Å². The molecule has 0 aliphatic heterocycles. The number of amides is 2. The van der Waals surface area contributed by atoms with Crippen molar-refractivity contribution in [2.24, 2.45) is 0 Å². The van der Waals surface area contributed by atoms with Crippen molar-refractivity contribution in [1.29, 1.82) is 0 Å². The van der Waals surface area contributed by atoms with Gasteiger partial charge in [0.05, 0.1) is 39.9 Å². The number of benzene rings is 2. The lowest BCUT2D eigenvalue weighted by Crippen LogP contribution is -2.46. The number of hydrogen-bond acceptors (Lipinski definition) is 7. The molecule has 1 saturated carbocycles. The van der Waals surface area contributed by atoms with Crippen molar-refractivity contribution >= 4 is 17.5 Å². The molecule has 1 N–H and O–H groups in total. The summed E-state index contributed by atoms with van der Waals surface area (Å²) in [5.41, 5.74) is 0.900. The number of nitrogens with zero attached hydrogens (tertiary/aromatic N) is 1. The number of methoxy groups -OCH3 is 3.